The van der Waals surface area contributed by atoms with Crippen molar-refractivity contribution in [3.63, 3.8) is 0 Å². The first-order valence-electron chi connectivity index (χ1n) is 5.52. The lowest BCUT2D eigenvalue weighted by atomic mass is 10.2. The Hall–Kier alpha value is -2.20. The maximum absolute atomic E-state index is 5.95. The Morgan fingerprint density at radius 2 is 1.89 bits per heavy atom. The molecule has 2 aromatic carbocycles. The second kappa shape index (κ2) is 3.40. The van der Waals surface area contributed by atoms with Crippen LogP contribution >= 0.6 is 11.6 Å². The molecule has 0 aliphatic heterocycles. The van der Waals surface area contributed by atoms with Crippen molar-refractivity contribution in [2.75, 3.05) is 0 Å². The highest BCUT2D eigenvalue weighted by Gasteiger charge is 2.09. The maximum Gasteiger partial charge on any atom is 0.166 e. The number of para-hydroxylation sites is 2. The Kier molecular flexibility index (Phi) is 1.85. The van der Waals surface area contributed by atoms with Crippen molar-refractivity contribution < 1.29 is 0 Å². The van der Waals surface area contributed by atoms with E-state index in [4.69, 9.17) is 11.6 Å². The van der Waals surface area contributed by atoms with Crippen LogP contribution in [0.15, 0.2) is 42.5 Å². The van der Waals surface area contributed by atoms with E-state index in [0.717, 1.165) is 27.6 Å². The number of hydrogen-bond donors (Lipinski definition) is 0. The minimum absolute atomic E-state index is 0.650. The number of halogens is 1. The van der Waals surface area contributed by atoms with Crippen molar-refractivity contribution >= 4 is 39.2 Å². The van der Waals surface area contributed by atoms with Gasteiger partial charge in [-0.1, -0.05) is 28.9 Å². The minimum Gasteiger partial charge on any atom is -0.226 e. The predicted octanol–water partition coefficient (Wildman–Crippen LogP) is 3.08. The van der Waals surface area contributed by atoms with Crippen molar-refractivity contribution in [2.24, 2.45) is 0 Å². The van der Waals surface area contributed by atoms with Gasteiger partial charge < -0.3 is 0 Å². The number of fused-ring (bicyclic) bond motifs is 5. The first-order valence-corrected chi connectivity index (χ1v) is 5.90. The minimum atomic E-state index is 0.650. The van der Waals surface area contributed by atoms with Crippen LogP contribution in [-0.4, -0.2) is 19.8 Å². The molecule has 0 atom stereocenters. The maximum atomic E-state index is 5.95. The fourth-order valence-electron chi connectivity index (χ4n) is 2.15. The molecular weight excluding hydrogens is 248 g/mol. The number of hydrogen-bond acceptors (Lipinski definition) is 3. The summed E-state index contributed by atoms with van der Waals surface area (Å²) in [5.74, 6) is 0. The third-order valence-electron chi connectivity index (χ3n) is 2.98. The van der Waals surface area contributed by atoms with Gasteiger partial charge in [-0.3, -0.25) is 0 Å². The summed E-state index contributed by atoms with van der Waals surface area (Å²) in [5, 5.41) is 9.97. The lowest BCUT2D eigenvalue weighted by Crippen LogP contribution is -1.96. The molecule has 0 bridgehead atoms. The van der Waals surface area contributed by atoms with Crippen molar-refractivity contribution in [2.45, 2.75) is 0 Å². The first-order chi connectivity index (χ1) is 8.83. The molecule has 0 saturated heterocycles. The molecule has 0 unspecified atom stereocenters. The Balaban J connectivity index is 2.28. The van der Waals surface area contributed by atoms with E-state index in [-0.39, 0.29) is 0 Å². The molecule has 0 fully saturated rings. The first kappa shape index (κ1) is 9.79. The highest BCUT2D eigenvalue weighted by molar-refractivity contribution is 6.31. The van der Waals surface area contributed by atoms with E-state index >= 15 is 0 Å². The predicted molar refractivity (Wildman–Crippen MR) is 70.8 cm³/mol. The van der Waals surface area contributed by atoms with Crippen molar-refractivity contribution in [3.8, 4) is 0 Å². The van der Waals surface area contributed by atoms with Crippen LogP contribution in [0.2, 0.25) is 5.02 Å². The van der Waals surface area contributed by atoms with Crippen molar-refractivity contribution in [1.82, 2.24) is 19.8 Å². The molecule has 5 heteroatoms. The summed E-state index contributed by atoms with van der Waals surface area (Å²) in [6.07, 6.45) is 0. The molecule has 0 saturated carbocycles. The summed E-state index contributed by atoms with van der Waals surface area (Å²) >= 11 is 5.95. The topological polar surface area (TPSA) is 43.1 Å². The Morgan fingerprint density at radius 3 is 2.83 bits per heavy atom. The van der Waals surface area contributed by atoms with Gasteiger partial charge in [0, 0.05) is 10.4 Å². The number of benzene rings is 2. The third-order valence-corrected chi connectivity index (χ3v) is 3.21. The molecule has 18 heavy (non-hydrogen) atoms. The Morgan fingerprint density at radius 1 is 1.00 bits per heavy atom. The fourth-order valence-corrected chi connectivity index (χ4v) is 2.31. The van der Waals surface area contributed by atoms with Gasteiger partial charge in [-0.25, -0.2) is 4.98 Å². The highest BCUT2D eigenvalue weighted by atomic mass is 35.5. The van der Waals surface area contributed by atoms with Crippen LogP contribution in [-0.2, 0) is 0 Å². The highest BCUT2D eigenvalue weighted by Crippen LogP contribution is 2.23. The summed E-state index contributed by atoms with van der Waals surface area (Å²) in [6, 6.07) is 13.4. The van der Waals surface area contributed by atoms with Crippen molar-refractivity contribution in [1.29, 1.82) is 0 Å². The lowest BCUT2D eigenvalue weighted by molar-refractivity contribution is 0.850. The Labute approximate surface area is 107 Å². The molecule has 0 N–H and O–H groups in total. The number of aromatic nitrogens is 4. The third kappa shape index (κ3) is 1.23. The van der Waals surface area contributed by atoms with Crippen LogP contribution < -0.4 is 0 Å². The van der Waals surface area contributed by atoms with Gasteiger partial charge in [-0.2, -0.15) is 4.52 Å². The molecule has 0 aliphatic carbocycles. The molecule has 0 radical (unpaired) electrons. The average molecular weight is 255 g/mol. The number of imidazole rings is 1. The zero-order valence-electron chi connectivity index (χ0n) is 9.21. The van der Waals surface area contributed by atoms with Crippen LogP contribution in [0.4, 0.5) is 0 Å². The molecular formula is C13H7ClN4. The van der Waals surface area contributed by atoms with Crippen LogP contribution in [0.1, 0.15) is 0 Å². The molecule has 0 aliphatic rings. The van der Waals surface area contributed by atoms with Crippen LogP contribution in [0.25, 0.3) is 27.6 Å². The van der Waals surface area contributed by atoms with E-state index < -0.39 is 0 Å². The van der Waals surface area contributed by atoms with Crippen LogP contribution in [0.5, 0.6) is 0 Å². The zero-order valence-corrected chi connectivity index (χ0v) is 9.96. The SMILES string of the molecule is Clc1ccc2c(c1)nnn1c3ccccc3nc21. The molecule has 2 aromatic heterocycles. The zero-order chi connectivity index (χ0) is 12.1. The molecule has 0 amide bonds. The van der Waals surface area contributed by atoms with Gasteiger partial charge in [0.1, 0.15) is 0 Å². The van der Waals surface area contributed by atoms with Gasteiger partial charge in [0.2, 0.25) is 0 Å². The number of rotatable bonds is 0. The van der Waals surface area contributed by atoms with Gasteiger partial charge in [0.05, 0.1) is 16.6 Å². The van der Waals surface area contributed by atoms with E-state index in [1.807, 2.05) is 36.4 Å². The van der Waals surface area contributed by atoms with E-state index in [1.54, 1.807) is 10.6 Å². The van der Waals surface area contributed by atoms with Crippen molar-refractivity contribution in [3.05, 3.63) is 47.5 Å². The fraction of sp³-hybridized carbons (Fsp3) is 0. The van der Waals surface area contributed by atoms with Crippen LogP contribution in [0, 0.1) is 0 Å². The number of nitrogens with zero attached hydrogens (tertiary/aromatic N) is 4. The molecule has 4 rings (SSSR count). The molecule has 86 valence electrons. The monoisotopic (exact) mass is 254 g/mol. The van der Waals surface area contributed by atoms with Gasteiger partial charge in [0.25, 0.3) is 0 Å². The summed E-state index contributed by atoms with van der Waals surface area (Å²) < 4.78 is 1.76. The normalized spacial score (nSPS) is 11.6. The van der Waals surface area contributed by atoms with E-state index in [0.29, 0.717) is 5.02 Å². The lowest BCUT2D eigenvalue weighted by Gasteiger charge is -1.98. The van der Waals surface area contributed by atoms with Crippen LogP contribution in [0.3, 0.4) is 0 Å². The van der Waals surface area contributed by atoms with E-state index in [9.17, 15) is 0 Å². The molecule has 4 nitrogen and oxygen atoms in total. The summed E-state index contributed by atoms with van der Waals surface area (Å²) in [6.45, 7) is 0. The summed E-state index contributed by atoms with van der Waals surface area (Å²) in [4.78, 5) is 4.59. The van der Waals surface area contributed by atoms with Gasteiger partial charge in [-0.05, 0) is 30.3 Å². The molecule has 0 spiro atoms. The standard InChI is InChI=1S/C13H7ClN4/c14-8-5-6-9-11(7-8)16-17-18-12-4-2-1-3-10(12)15-13(9)18/h1-7H. The second-order valence-corrected chi connectivity index (χ2v) is 4.52. The van der Waals surface area contributed by atoms with Gasteiger partial charge >= 0.3 is 0 Å². The molecule has 4 aromatic rings. The second-order valence-electron chi connectivity index (χ2n) is 4.09. The molecule has 2 heterocycles. The quantitative estimate of drug-likeness (QED) is 0.484. The summed E-state index contributed by atoms with van der Waals surface area (Å²) in [7, 11) is 0. The van der Waals surface area contributed by atoms with E-state index in [2.05, 4.69) is 15.3 Å². The average Bonchev–Trinajstić information content (AvgIpc) is 2.77. The Bertz CT molecular complexity index is 897. The largest absolute Gasteiger partial charge is 0.226 e. The van der Waals surface area contributed by atoms with Gasteiger partial charge in [-0.15, -0.1) is 5.10 Å². The smallest absolute Gasteiger partial charge is 0.166 e. The van der Waals surface area contributed by atoms with E-state index in [1.165, 1.54) is 0 Å². The summed E-state index contributed by atoms with van der Waals surface area (Å²) in [5.41, 5.74) is 3.43. The van der Waals surface area contributed by atoms with Gasteiger partial charge in [0.15, 0.2) is 5.65 Å².